The molecule has 0 aliphatic heterocycles. The van der Waals surface area contributed by atoms with Gasteiger partial charge in [0.25, 0.3) is 0 Å². The van der Waals surface area contributed by atoms with Crippen LogP contribution in [-0.2, 0) is 9.59 Å². The van der Waals surface area contributed by atoms with Crippen molar-refractivity contribution < 1.29 is 9.59 Å². The third kappa shape index (κ3) is 7.18. The minimum Gasteiger partial charge on any atom is -0.352 e. The van der Waals surface area contributed by atoms with Crippen LogP contribution in [0.15, 0.2) is 0 Å². The lowest BCUT2D eigenvalue weighted by molar-refractivity contribution is -0.138. The number of amides is 2. The molecule has 0 aromatic heterocycles. The van der Waals surface area contributed by atoms with Gasteiger partial charge in [-0.1, -0.05) is 6.92 Å². The average molecular weight is 266 g/mol. The molecule has 17 heavy (non-hydrogen) atoms. The summed E-state index contributed by atoms with van der Waals surface area (Å²) in [7, 11) is 1.61. The summed E-state index contributed by atoms with van der Waals surface area (Å²) in [6.45, 7) is 7.39. The molecule has 0 radical (unpaired) electrons. The number of hydrogen-bond donors (Lipinski definition) is 2. The van der Waals surface area contributed by atoms with Gasteiger partial charge in [0, 0.05) is 19.1 Å². The van der Waals surface area contributed by atoms with Gasteiger partial charge in [-0.05, 0) is 20.8 Å². The Labute approximate surface area is 110 Å². The molecule has 0 aromatic carbocycles. The number of halogens is 1. The summed E-state index contributed by atoms with van der Waals surface area (Å²) in [6, 6.07) is -0.120. The third-order valence-corrected chi connectivity index (χ3v) is 2.38. The highest BCUT2D eigenvalue weighted by atomic mass is 35.5. The Morgan fingerprint density at radius 3 is 2.06 bits per heavy atom. The average Bonchev–Trinajstić information content (AvgIpc) is 2.13. The van der Waals surface area contributed by atoms with Gasteiger partial charge in [0.05, 0.1) is 12.5 Å². The summed E-state index contributed by atoms with van der Waals surface area (Å²) in [4.78, 5) is 24.6. The minimum atomic E-state index is -0.267. The number of carbonyl (C=O) groups excluding carboxylic acids is 2. The first-order chi connectivity index (χ1) is 7.25. The molecule has 0 bridgehead atoms. The molecule has 2 atom stereocenters. The van der Waals surface area contributed by atoms with Crippen LogP contribution in [-0.4, -0.2) is 42.4 Å². The maximum Gasteiger partial charge on any atom is 0.239 e. The zero-order valence-electron chi connectivity index (χ0n) is 11.2. The normalized spacial score (nSPS) is 13.6. The Morgan fingerprint density at radius 1 is 1.24 bits per heavy atom. The van der Waals surface area contributed by atoms with Crippen LogP contribution in [0, 0.1) is 5.92 Å². The smallest absolute Gasteiger partial charge is 0.239 e. The van der Waals surface area contributed by atoms with E-state index in [1.807, 2.05) is 13.8 Å². The van der Waals surface area contributed by atoms with E-state index in [2.05, 4.69) is 5.32 Å². The lowest BCUT2D eigenvalue weighted by Crippen LogP contribution is -2.45. The van der Waals surface area contributed by atoms with E-state index in [4.69, 9.17) is 5.73 Å². The fourth-order valence-corrected chi connectivity index (χ4v) is 1.23. The molecule has 0 fully saturated rings. The molecule has 6 heteroatoms. The minimum absolute atomic E-state index is 0. The van der Waals surface area contributed by atoms with Gasteiger partial charge in [0.2, 0.25) is 11.8 Å². The Hall–Kier alpha value is -0.810. The summed E-state index contributed by atoms with van der Waals surface area (Å²) < 4.78 is 0. The zero-order chi connectivity index (χ0) is 12.9. The highest BCUT2D eigenvalue weighted by Gasteiger charge is 2.22. The molecule has 102 valence electrons. The van der Waals surface area contributed by atoms with Crippen molar-refractivity contribution in [3.05, 3.63) is 0 Å². The molecule has 0 rings (SSSR count). The molecule has 2 unspecified atom stereocenters. The van der Waals surface area contributed by atoms with E-state index in [0.29, 0.717) is 0 Å². The molecule has 0 saturated heterocycles. The van der Waals surface area contributed by atoms with Gasteiger partial charge in [-0.2, -0.15) is 0 Å². The first kappa shape index (κ1) is 18.6. The number of rotatable bonds is 5. The van der Waals surface area contributed by atoms with E-state index in [1.54, 1.807) is 20.9 Å². The maximum atomic E-state index is 11.8. The molecular formula is C11H24ClN3O2. The number of likely N-dealkylation sites (N-methyl/N-ethyl adjacent to an activating group) is 1. The fraction of sp³-hybridized carbons (Fsp3) is 0.818. The van der Waals surface area contributed by atoms with Crippen molar-refractivity contribution in [3.8, 4) is 0 Å². The van der Waals surface area contributed by atoms with Crippen molar-refractivity contribution in [2.75, 3.05) is 13.6 Å². The highest BCUT2D eigenvalue weighted by molar-refractivity contribution is 5.86. The Kier molecular flexibility index (Phi) is 9.06. The van der Waals surface area contributed by atoms with E-state index in [-0.39, 0.29) is 48.8 Å². The van der Waals surface area contributed by atoms with Gasteiger partial charge >= 0.3 is 0 Å². The van der Waals surface area contributed by atoms with Gasteiger partial charge in [-0.3, -0.25) is 9.59 Å². The Morgan fingerprint density at radius 2 is 1.71 bits per heavy atom. The number of nitrogens with zero attached hydrogens (tertiary/aromatic N) is 1. The molecule has 5 nitrogen and oxygen atoms in total. The lowest BCUT2D eigenvalue weighted by Gasteiger charge is -2.23. The van der Waals surface area contributed by atoms with E-state index in [9.17, 15) is 9.59 Å². The molecule has 0 aromatic rings. The van der Waals surface area contributed by atoms with E-state index in [1.165, 1.54) is 4.90 Å². The summed E-state index contributed by atoms with van der Waals surface area (Å²) in [5, 5.41) is 2.73. The first-order valence-corrected chi connectivity index (χ1v) is 5.55. The van der Waals surface area contributed by atoms with Crippen LogP contribution in [0.3, 0.4) is 0 Å². The summed E-state index contributed by atoms with van der Waals surface area (Å²) in [5.74, 6) is -0.520. The van der Waals surface area contributed by atoms with E-state index < -0.39 is 0 Å². The van der Waals surface area contributed by atoms with Crippen LogP contribution in [0.1, 0.15) is 27.7 Å². The maximum absolute atomic E-state index is 11.8. The van der Waals surface area contributed by atoms with Crippen molar-refractivity contribution in [2.24, 2.45) is 11.7 Å². The first-order valence-electron chi connectivity index (χ1n) is 5.55. The number of nitrogens with two attached hydrogens (primary N) is 1. The van der Waals surface area contributed by atoms with Crippen LogP contribution in [0.25, 0.3) is 0 Å². The zero-order valence-corrected chi connectivity index (χ0v) is 12.0. The van der Waals surface area contributed by atoms with Crippen LogP contribution >= 0.6 is 12.4 Å². The SMILES string of the molecule is CC(C)NC(=O)CN(C)C(=O)C(C)C(C)N.Cl. The van der Waals surface area contributed by atoms with Crippen molar-refractivity contribution in [3.63, 3.8) is 0 Å². The molecule has 0 aliphatic carbocycles. The second-order valence-corrected chi connectivity index (χ2v) is 4.56. The molecule has 0 aliphatic rings. The topological polar surface area (TPSA) is 75.4 Å². The van der Waals surface area contributed by atoms with Crippen molar-refractivity contribution >= 4 is 24.2 Å². The van der Waals surface area contributed by atoms with Crippen molar-refractivity contribution in [1.29, 1.82) is 0 Å². The van der Waals surface area contributed by atoms with Crippen LogP contribution in [0.2, 0.25) is 0 Å². The summed E-state index contributed by atoms with van der Waals surface area (Å²) >= 11 is 0. The Balaban J connectivity index is 0. The van der Waals surface area contributed by atoms with Crippen molar-refractivity contribution in [2.45, 2.75) is 39.8 Å². The molecule has 0 saturated carbocycles. The predicted molar refractivity (Wildman–Crippen MR) is 71.0 cm³/mol. The largest absolute Gasteiger partial charge is 0.352 e. The second-order valence-electron chi connectivity index (χ2n) is 4.56. The lowest BCUT2D eigenvalue weighted by atomic mass is 10.0. The summed E-state index contributed by atoms with van der Waals surface area (Å²) in [6.07, 6.45) is 0. The van der Waals surface area contributed by atoms with Crippen molar-refractivity contribution in [1.82, 2.24) is 10.2 Å². The van der Waals surface area contributed by atoms with Gasteiger partial charge in [-0.15, -0.1) is 12.4 Å². The van der Waals surface area contributed by atoms with Gasteiger partial charge in [-0.25, -0.2) is 0 Å². The quantitative estimate of drug-likeness (QED) is 0.754. The molecule has 0 spiro atoms. The number of nitrogens with one attached hydrogen (secondary N) is 1. The predicted octanol–water partition coefficient (Wildman–Crippen LogP) is 0.375. The molecule has 0 heterocycles. The standard InChI is InChI=1S/C11H23N3O2.ClH/c1-7(2)13-10(15)6-14(5)11(16)8(3)9(4)12;/h7-9H,6,12H2,1-5H3,(H,13,15);1H. The molecule has 3 N–H and O–H groups in total. The summed E-state index contributed by atoms with van der Waals surface area (Å²) in [5.41, 5.74) is 5.64. The monoisotopic (exact) mass is 265 g/mol. The number of hydrogen-bond acceptors (Lipinski definition) is 3. The van der Waals surface area contributed by atoms with E-state index in [0.717, 1.165) is 0 Å². The molecule has 2 amide bonds. The van der Waals surface area contributed by atoms with Crippen LogP contribution in [0.4, 0.5) is 0 Å². The van der Waals surface area contributed by atoms with Gasteiger partial charge in [0.15, 0.2) is 0 Å². The highest BCUT2D eigenvalue weighted by Crippen LogP contribution is 2.04. The van der Waals surface area contributed by atoms with Gasteiger partial charge < -0.3 is 16.0 Å². The third-order valence-electron chi connectivity index (χ3n) is 2.38. The molecular weight excluding hydrogens is 242 g/mol. The van der Waals surface area contributed by atoms with Gasteiger partial charge in [0.1, 0.15) is 0 Å². The Bertz CT molecular complexity index is 257. The second kappa shape index (κ2) is 8.31. The number of carbonyl (C=O) groups is 2. The fourth-order valence-electron chi connectivity index (χ4n) is 1.23. The van der Waals surface area contributed by atoms with Crippen LogP contribution in [0.5, 0.6) is 0 Å². The van der Waals surface area contributed by atoms with Crippen LogP contribution < -0.4 is 11.1 Å². The van der Waals surface area contributed by atoms with E-state index >= 15 is 0 Å².